The number of alkyl halides is 6. The molecule has 0 saturated heterocycles. The van der Waals surface area contributed by atoms with E-state index in [4.69, 9.17) is 0 Å². The molecule has 2 aliphatic carbocycles. The highest BCUT2D eigenvalue weighted by Gasteiger charge is 2.83. The van der Waals surface area contributed by atoms with Crippen LogP contribution >= 0.6 is 11.8 Å². The van der Waals surface area contributed by atoms with Crippen molar-refractivity contribution in [2.24, 2.45) is 5.41 Å². The van der Waals surface area contributed by atoms with Crippen LogP contribution in [-0.4, -0.2) is 23.0 Å². The van der Waals surface area contributed by atoms with Gasteiger partial charge in [0, 0.05) is 21.8 Å². The third-order valence-electron chi connectivity index (χ3n) is 5.31. The molecule has 1 aromatic carbocycles. The van der Waals surface area contributed by atoms with Crippen molar-refractivity contribution in [1.82, 2.24) is 0 Å². The van der Waals surface area contributed by atoms with Gasteiger partial charge in [0.15, 0.2) is 0 Å². The van der Waals surface area contributed by atoms with Crippen molar-refractivity contribution in [3.63, 3.8) is 0 Å². The Morgan fingerprint density at radius 2 is 1.38 bits per heavy atom. The van der Waals surface area contributed by atoms with E-state index in [2.05, 4.69) is 0 Å². The molecule has 26 heavy (non-hydrogen) atoms. The van der Waals surface area contributed by atoms with Gasteiger partial charge in [-0.1, -0.05) is 50.3 Å². The van der Waals surface area contributed by atoms with E-state index < -0.39 is 39.6 Å². The molecule has 0 aromatic heterocycles. The molecule has 0 radical (unpaired) electrons. The van der Waals surface area contributed by atoms with E-state index >= 15 is 0 Å². The van der Waals surface area contributed by atoms with E-state index in [1.54, 1.807) is 32.0 Å². The van der Waals surface area contributed by atoms with Crippen LogP contribution in [0.4, 0.5) is 26.3 Å². The van der Waals surface area contributed by atoms with Gasteiger partial charge in [-0.3, -0.25) is 0 Å². The number of benzene rings is 1. The Balaban J connectivity index is 2.18. The summed E-state index contributed by atoms with van der Waals surface area (Å²) in [7, 11) is 0. The van der Waals surface area contributed by atoms with Crippen LogP contribution in [0.1, 0.15) is 19.4 Å². The van der Waals surface area contributed by atoms with Gasteiger partial charge in [-0.2, -0.15) is 26.3 Å². The Bertz CT molecular complexity index is 877. The summed E-state index contributed by atoms with van der Waals surface area (Å²) in [6, 6.07) is 7.77. The lowest BCUT2D eigenvalue weighted by Crippen LogP contribution is -2.47. The van der Waals surface area contributed by atoms with Gasteiger partial charge < -0.3 is 0 Å². The second kappa shape index (κ2) is 5.00. The van der Waals surface area contributed by atoms with Crippen LogP contribution in [0.5, 0.6) is 0 Å². The molecule has 0 amide bonds. The Kier molecular flexibility index (Phi) is 3.42. The molecular weight excluding hydrogens is 374 g/mol. The van der Waals surface area contributed by atoms with Crippen LogP contribution in [0.2, 0.25) is 0 Å². The number of allylic oxidation sites excluding steroid dienone is 4. The van der Waals surface area contributed by atoms with Gasteiger partial charge in [0.25, 0.3) is 0 Å². The maximum Gasteiger partial charge on any atom is 0.380 e. The summed E-state index contributed by atoms with van der Waals surface area (Å²) >= 11 is 1.19. The number of thioether (sulfide) groups is 1. The molecule has 138 valence electrons. The van der Waals surface area contributed by atoms with Crippen LogP contribution in [0, 0.1) is 5.41 Å². The fourth-order valence-electron chi connectivity index (χ4n) is 4.13. The predicted molar refractivity (Wildman–Crippen MR) is 89.5 cm³/mol. The van der Waals surface area contributed by atoms with E-state index in [0.29, 0.717) is 0 Å². The third kappa shape index (κ3) is 1.85. The molecule has 7 heteroatoms. The molecule has 0 spiro atoms. The van der Waals surface area contributed by atoms with Gasteiger partial charge in [-0.25, -0.2) is 0 Å². The maximum atomic E-state index is 14.7. The zero-order valence-electron chi connectivity index (χ0n) is 13.8. The molecule has 1 aliphatic heterocycles. The van der Waals surface area contributed by atoms with Gasteiger partial charge in [0.2, 0.25) is 0 Å². The lowest BCUT2D eigenvalue weighted by atomic mass is 9.67. The third-order valence-corrected chi connectivity index (χ3v) is 6.72. The van der Waals surface area contributed by atoms with Crippen LogP contribution < -0.4 is 0 Å². The highest BCUT2D eigenvalue weighted by atomic mass is 32.2. The molecule has 1 atom stereocenters. The molecule has 3 aliphatic rings. The van der Waals surface area contributed by atoms with Crippen LogP contribution in [0.15, 0.2) is 58.5 Å². The number of hydrogen-bond donors (Lipinski definition) is 0. The summed E-state index contributed by atoms with van der Waals surface area (Å²) in [5, 5.41) is 0.873. The first-order valence-corrected chi connectivity index (χ1v) is 8.91. The van der Waals surface area contributed by atoms with E-state index in [1.165, 1.54) is 35.4 Å². The van der Waals surface area contributed by atoms with E-state index in [1.807, 2.05) is 0 Å². The van der Waals surface area contributed by atoms with Crippen molar-refractivity contribution >= 4 is 17.3 Å². The quantitative estimate of drug-likeness (QED) is 0.507. The van der Waals surface area contributed by atoms with Crippen LogP contribution in [0.3, 0.4) is 0 Å². The van der Waals surface area contributed by atoms with Gasteiger partial charge in [0.05, 0.1) is 0 Å². The zero-order chi connectivity index (χ0) is 19.1. The minimum absolute atomic E-state index is 0.128. The van der Waals surface area contributed by atoms with Crippen LogP contribution in [-0.2, 0) is 0 Å². The number of fused-ring (bicyclic) bond motifs is 2. The van der Waals surface area contributed by atoms with E-state index in [9.17, 15) is 26.3 Å². The highest BCUT2D eigenvalue weighted by Crippen LogP contribution is 2.69. The van der Waals surface area contributed by atoms with Gasteiger partial charge in [-0.05, 0) is 22.1 Å². The first-order chi connectivity index (χ1) is 12.0. The van der Waals surface area contributed by atoms with E-state index in [0.717, 1.165) is 0 Å². The molecule has 1 fully saturated rings. The monoisotopic (exact) mass is 388 g/mol. The highest BCUT2D eigenvalue weighted by molar-refractivity contribution is 8.03. The lowest BCUT2D eigenvalue weighted by Gasteiger charge is -2.41. The molecule has 4 rings (SSSR count). The summed E-state index contributed by atoms with van der Waals surface area (Å²) in [4.78, 5) is 0. The molecule has 1 saturated carbocycles. The average Bonchev–Trinajstić information content (AvgIpc) is 3.07. The first-order valence-electron chi connectivity index (χ1n) is 7.97. The molecule has 0 N–H and O–H groups in total. The molecule has 0 unspecified atom stereocenters. The summed E-state index contributed by atoms with van der Waals surface area (Å²) < 4.78 is 87.0. The fraction of sp³-hybridized carbons (Fsp3) is 0.368. The SMILES string of the molecule is CC1(C)C(c2ccccc2)=C2C(=C3C=CS[C@H]31)C(F)(F)C(F)(F)C2(F)F. The molecule has 0 nitrogen and oxygen atoms in total. The second-order valence-corrected chi connectivity index (χ2v) is 8.23. The van der Waals surface area contributed by atoms with Crippen molar-refractivity contribution in [3.05, 3.63) is 64.1 Å². The lowest BCUT2D eigenvalue weighted by molar-refractivity contribution is -0.257. The Morgan fingerprint density at radius 1 is 0.808 bits per heavy atom. The van der Waals surface area contributed by atoms with Crippen molar-refractivity contribution in [3.8, 4) is 0 Å². The standard InChI is InChI=1S/C19H14F6S/c1-16(2)12(10-6-4-3-5-7-10)14-13(11-8-9-26-15(11)16)17(20,21)19(24,25)18(14,22)23/h3-9,15H,1-2H3/t15-/m1/s1. The van der Waals surface area contributed by atoms with Crippen molar-refractivity contribution < 1.29 is 26.3 Å². The number of halogens is 6. The second-order valence-electron chi connectivity index (χ2n) is 7.21. The molecule has 1 aromatic rings. The van der Waals surface area contributed by atoms with E-state index in [-0.39, 0.29) is 16.7 Å². The zero-order valence-corrected chi connectivity index (χ0v) is 14.6. The number of hydrogen-bond acceptors (Lipinski definition) is 1. The van der Waals surface area contributed by atoms with Crippen molar-refractivity contribution in [2.75, 3.05) is 0 Å². The Labute approximate surface area is 150 Å². The smallest absolute Gasteiger partial charge is 0.194 e. The van der Waals surface area contributed by atoms with Crippen molar-refractivity contribution in [1.29, 1.82) is 0 Å². The average molecular weight is 388 g/mol. The number of rotatable bonds is 1. The Morgan fingerprint density at radius 3 is 2.00 bits per heavy atom. The molecule has 0 bridgehead atoms. The van der Waals surface area contributed by atoms with Gasteiger partial charge in [-0.15, -0.1) is 11.8 Å². The fourth-order valence-corrected chi connectivity index (χ4v) is 5.32. The topological polar surface area (TPSA) is 0 Å². The Hall–Kier alpha value is -1.63. The predicted octanol–water partition coefficient (Wildman–Crippen LogP) is 6.33. The first kappa shape index (κ1) is 17.8. The van der Waals surface area contributed by atoms with Crippen LogP contribution in [0.25, 0.3) is 5.57 Å². The normalized spacial score (nSPS) is 29.8. The summed E-state index contributed by atoms with van der Waals surface area (Å²) in [6.07, 6.45) is 1.26. The summed E-state index contributed by atoms with van der Waals surface area (Å²) in [6.45, 7) is 3.27. The molecule has 1 heterocycles. The largest absolute Gasteiger partial charge is 0.380 e. The van der Waals surface area contributed by atoms with Crippen molar-refractivity contribution in [2.45, 2.75) is 36.9 Å². The summed E-state index contributed by atoms with van der Waals surface area (Å²) in [5.41, 5.74) is -3.48. The summed E-state index contributed by atoms with van der Waals surface area (Å²) in [5.74, 6) is -15.4. The maximum absolute atomic E-state index is 14.7. The minimum Gasteiger partial charge on any atom is -0.194 e. The molecular formula is C19H14F6S. The van der Waals surface area contributed by atoms with Gasteiger partial charge >= 0.3 is 17.8 Å². The van der Waals surface area contributed by atoms with Gasteiger partial charge in [0.1, 0.15) is 0 Å². The minimum atomic E-state index is -5.48.